The molecule has 5 nitrogen and oxygen atoms in total. The summed E-state index contributed by atoms with van der Waals surface area (Å²) in [5.41, 5.74) is 0.166. The van der Waals surface area contributed by atoms with Gasteiger partial charge in [0.2, 0.25) is 5.78 Å². The molecule has 0 saturated heterocycles. The van der Waals surface area contributed by atoms with E-state index >= 15 is 0 Å². The van der Waals surface area contributed by atoms with E-state index in [1.807, 2.05) is 0 Å². The first-order valence-electron chi connectivity index (χ1n) is 7.37. The van der Waals surface area contributed by atoms with Crippen LogP contribution in [0.2, 0.25) is 0 Å². The van der Waals surface area contributed by atoms with Crippen LogP contribution in [0.15, 0.2) is 59.2 Å². The molecule has 0 atom stereocenters. The number of rotatable bonds is 4. The number of benzene rings is 1. The van der Waals surface area contributed by atoms with E-state index in [1.165, 1.54) is 17.2 Å². The molecule has 2 amide bonds. The van der Waals surface area contributed by atoms with E-state index in [-0.39, 0.29) is 23.4 Å². The lowest BCUT2D eigenvalue weighted by atomic mass is 10.1. The molecule has 0 radical (unpaired) electrons. The fourth-order valence-electron chi connectivity index (χ4n) is 2.92. The van der Waals surface area contributed by atoms with Gasteiger partial charge in [0.05, 0.1) is 22.9 Å². The van der Waals surface area contributed by atoms with Gasteiger partial charge in [-0.25, -0.2) is 0 Å². The van der Waals surface area contributed by atoms with E-state index in [1.54, 1.807) is 42.5 Å². The summed E-state index contributed by atoms with van der Waals surface area (Å²) in [7, 11) is 0. The van der Waals surface area contributed by atoms with Crippen LogP contribution in [0.1, 0.15) is 44.1 Å². The molecule has 1 saturated carbocycles. The van der Waals surface area contributed by atoms with Crippen molar-refractivity contribution in [3.05, 3.63) is 71.7 Å². The number of fused-ring (bicyclic) bond motifs is 1. The Labute approximate surface area is 132 Å². The van der Waals surface area contributed by atoms with E-state index in [9.17, 15) is 14.4 Å². The third-order valence-corrected chi connectivity index (χ3v) is 4.31. The van der Waals surface area contributed by atoms with Crippen molar-refractivity contribution in [2.75, 3.05) is 0 Å². The van der Waals surface area contributed by atoms with Crippen LogP contribution in [0, 0.1) is 0 Å². The molecular weight excluding hydrogens is 294 g/mol. The number of hydrogen-bond donors (Lipinski definition) is 0. The Morgan fingerprint density at radius 1 is 1.04 bits per heavy atom. The van der Waals surface area contributed by atoms with E-state index in [4.69, 9.17) is 4.42 Å². The zero-order chi connectivity index (χ0) is 16.0. The predicted molar refractivity (Wildman–Crippen MR) is 81.1 cm³/mol. The highest BCUT2D eigenvalue weighted by Gasteiger charge is 2.54. The lowest BCUT2D eigenvalue weighted by molar-refractivity contribution is 0.0596. The number of carbonyl (C=O) groups is 3. The van der Waals surface area contributed by atoms with Gasteiger partial charge in [-0.2, -0.15) is 0 Å². The van der Waals surface area contributed by atoms with E-state index in [0.717, 1.165) is 0 Å². The summed E-state index contributed by atoms with van der Waals surface area (Å²) in [4.78, 5) is 38.4. The maximum atomic E-state index is 12.5. The van der Waals surface area contributed by atoms with Crippen LogP contribution < -0.4 is 0 Å². The van der Waals surface area contributed by atoms with Crippen molar-refractivity contribution >= 4 is 17.6 Å². The van der Waals surface area contributed by atoms with Crippen LogP contribution >= 0.6 is 0 Å². The first-order chi connectivity index (χ1) is 11.1. The molecule has 0 bridgehead atoms. The molecule has 1 aliphatic carbocycles. The Kier molecular flexibility index (Phi) is 2.84. The van der Waals surface area contributed by atoms with Crippen molar-refractivity contribution in [2.24, 2.45) is 0 Å². The van der Waals surface area contributed by atoms with Crippen molar-refractivity contribution in [3.8, 4) is 0 Å². The van der Waals surface area contributed by atoms with Crippen molar-refractivity contribution in [2.45, 2.75) is 18.4 Å². The van der Waals surface area contributed by atoms with Gasteiger partial charge in [-0.05, 0) is 43.2 Å². The van der Waals surface area contributed by atoms with Crippen LogP contribution in [0.3, 0.4) is 0 Å². The van der Waals surface area contributed by atoms with Gasteiger partial charge >= 0.3 is 0 Å². The number of amides is 2. The second-order valence-electron chi connectivity index (χ2n) is 5.77. The maximum Gasteiger partial charge on any atom is 0.262 e. The minimum absolute atomic E-state index is 0.236. The Morgan fingerprint density at radius 3 is 2.22 bits per heavy atom. The van der Waals surface area contributed by atoms with Gasteiger partial charge in [-0.1, -0.05) is 18.2 Å². The average molecular weight is 307 g/mol. The zero-order valence-electron chi connectivity index (χ0n) is 12.2. The van der Waals surface area contributed by atoms with Crippen LogP contribution in [0.5, 0.6) is 0 Å². The second kappa shape index (κ2) is 4.78. The normalized spacial score (nSPS) is 18.5. The molecule has 0 N–H and O–H groups in total. The lowest BCUT2D eigenvalue weighted by Gasteiger charge is -2.22. The molecule has 5 heteroatoms. The smallest absolute Gasteiger partial charge is 0.262 e. The van der Waals surface area contributed by atoms with Gasteiger partial charge in [0, 0.05) is 0 Å². The fourth-order valence-corrected chi connectivity index (χ4v) is 2.92. The number of imide groups is 1. The van der Waals surface area contributed by atoms with E-state index < -0.39 is 5.54 Å². The highest BCUT2D eigenvalue weighted by Crippen LogP contribution is 2.46. The molecule has 2 aromatic rings. The summed E-state index contributed by atoms with van der Waals surface area (Å²) < 4.78 is 5.05. The van der Waals surface area contributed by atoms with Crippen LogP contribution in [0.25, 0.3) is 0 Å². The molecule has 2 heterocycles. The van der Waals surface area contributed by atoms with Crippen LogP contribution in [0.4, 0.5) is 0 Å². The SMILES string of the molecule is O=C(/C=C/C1(N2C(=O)c3ccccc3C2=O)CC1)c1ccco1. The summed E-state index contributed by atoms with van der Waals surface area (Å²) >= 11 is 0. The van der Waals surface area contributed by atoms with Crippen molar-refractivity contribution in [3.63, 3.8) is 0 Å². The Morgan fingerprint density at radius 2 is 1.70 bits per heavy atom. The average Bonchev–Trinajstić information content (AvgIpc) is 3.04. The molecular formula is C18H13NO4. The van der Waals surface area contributed by atoms with Gasteiger partial charge in [-0.15, -0.1) is 0 Å². The third-order valence-electron chi connectivity index (χ3n) is 4.31. The van der Waals surface area contributed by atoms with Gasteiger partial charge in [0.1, 0.15) is 0 Å². The van der Waals surface area contributed by atoms with Crippen LogP contribution in [-0.4, -0.2) is 28.0 Å². The summed E-state index contributed by atoms with van der Waals surface area (Å²) in [6.07, 6.45) is 5.80. The van der Waals surface area contributed by atoms with Gasteiger partial charge in [0.15, 0.2) is 5.76 Å². The second-order valence-corrected chi connectivity index (χ2v) is 5.77. The Bertz CT molecular complexity index is 809. The lowest BCUT2D eigenvalue weighted by Crippen LogP contribution is -2.40. The molecule has 1 aromatic heterocycles. The summed E-state index contributed by atoms with van der Waals surface area (Å²) in [6, 6.07) is 10.0. The molecule has 0 unspecified atom stereocenters. The number of hydrogen-bond acceptors (Lipinski definition) is 4. The number of ketones is 1. The summed E-state index contributed by atoms with van der Waals surface area (Å²) in [5, 5.41) is 0. The number of allylic oxidation sites excluding steroid dienone is 1. The molecule has 114 valence electrons. The monoisotopic (exact) mass is 307 g/mol. The minimum Gasteiger partial charge on any atom is -0.461 e. The number of carbonyl (C=O) groups excluding carboxylic acids is 3. The summed E-state index contributed by atoms with van der Waals surface area (Å²) in [5.74, 6) is -0.631. The van der Waals surface area contributed by atoms with Crippen molar-refractivity contribution in [1.29, 1.82) is 0 Å². The van der Waals surface area contributed by atoms with Crippen molar-refractivity contribution < 1.29 is 18.8 Å². The fraction of sp³-hybridized carbons (Fsp3) is 0.167. The van der Waals surface area contributed by atoms with E-state index in [2.05, 4.69) is 0 Å². The largest absolute Gasteiger partial charge is 0.461 e. The minimum atomic E-state index is -0.685. The van der Waals surface area contributed by atoms with Gasteiger partial charge in [-0.3, -0.25) is 19.3 Å². The predicted octanol–water partition coefficient (Wildman–Crippen LogP) is 2.85. The topological polar surface area (TPSA) is 67.6 Å². The highest BCUT2D eigenvalue weighted by atomic mass is 16.3. The van der Waals surface area contributed by atoms with Gasteiger partial charge < -0.3 is 4.42 Å². The molecule has 2 aliphatic rings. The van der Waals surface area contributed by atoms with Crippen molar-refractivity contribution in [1.82, 2.24) is 4.90 Å². The summed E-state index contributed by atoms with van der Waals surface area (Å²) in [6.45, 7) is 0. The molecule has 1 aromatic carbocycles. The molecule has 23 heavy (non-hydrogen) atoms. The molecule has 0 spiro atoms. The van der Waals surface area contributed by atoms with E-state index in [0.29, 0.717) is 24.0 Å². The standard InChI is InChI=1S/C18H13NO4/c20-14(15-6-3-11-23-15)7-8-18(9-10-18)19-16(21)12-4-1-2-5-13(12)17(19)22/h1-8,11H,9-10H2/b8-7+. The number of nitrogens with zero attached hydrogens (tertiary/aromatic N) is 1. The third kappa shape index (κ3) is 2.04. The molecule has 1 fully saturated rings. The quantitative estimate of drug-likeness (QED) is 0.495. The first-order valence-corrected chi connectivity index (χ1v) is 7.37. The molecule has 1 aliphatic heterocycles. The first kappa shape index (κ1) is 13.7. The molecule has 4 rings (SSSR count). The number of furan rings is 1. The highest BCUT2D eigenvalue weighted by molar-refractivity contribution is 6.22. The van der Waals surface area contributed by atoms with Gasteiger partial charge in [0.25, 0.3) is 11.8 Å². The zero-order valence-corrected chi connectivity index (χ0v) is 12.2. The Balaban J connectivity index is 1.62. The maximum absolute atomic E-state index is 12.5. The Hall–Kier alpha value is -2.95. The van der Waals surface area contributed by atoms with Crippen LogP contribution in [-0.2, 0) is 0 Å².